The second-order valence-corrected chi connectivity index (χ2v) is 4.61. The first-order chi connectivity index (χ1) is 7.20. The summed E-state index contributed by atoms with van der Waals surface area (Å²) in [6.45, 7) is 0. The molecule has 1 fully saturated rings. The van der Waals surface area contributed by atoms with E-state index in [0.717, 1.165) is 12.8 Å². The van der Waals surface area contributed by atoms with E-state index in [1.54, 1.807) is 12.1 Å². The predicted molar refractivity (Wildman–Crippen MR) is 60.3 cm³/mol. The van der Waals surface area contributed by atoms with Crippen LogP contribution < -0.4 is 5.73 Å². The fourth-order valence-corrected chi connectivity index (χ4v) is 2.67. The van der Waals surface area contributed by atoms with Crippen molar-refractivity contribution in [2.45, 2.75) is 31.7 Å². The number of hydrogen-bond donors (Lipinski definition) is 1. The summed E-state index contributed by atoms with van der Waals surface area (Å²) in [5, 5.41) is 0.453. The van der Waals surface area contributed by atoms with Crippen molar-refractivity contribution >= 4 is 11.6 Å². The van der Waals surface area contributed by atoms with Crippen LogP contribution in [0.5, 0.6) is 0 Å². The van der Waals surface area contributed by atoms with E-state index < -0.39 is 0 Å². The molecule has 0 heterocycles. The van der Waals surface area contributed by atoms with Crippen LogP contribution in [0.2, 0.25) is 5.02 Å². The van der Waals surface area contributed by atoms with Crippen molar-refractivity contribution < 1.29 is 4.39 Å². The summed E-state index contributed by atoms with van der Waals surface area (Å²) in [6.07, 6.45) is 4.58. The Labute approximate surface area is 94.4 Å². The molecule has 1 atom stereocenters. The molecule has 1 aromatic carbocycles. The van der Waals surface area contributed by atoms with Crippen molar-refractivity contribution in [2.75, 3.05) is 0 Å². The highest BCUT2D eigenvalue weighted by Gasteiger charge is 2.26. The second kappa shape index (κ2) is 4.50. The molecule has 82 valence electrons. The molecule has 1 nitrogen and oxygen atoms in total. The lowest BCUT2D eigenvalue weighted by Crippen LogP contribution is -2.20. The Morgan fingerprint density at radius 3 is 2.60 bits per heavy atom. The average molecular weight is 228 g/mol. The zero-order valence-electron chi connectivity index (χ0n) is 8.55. The molecule has 0 radical (unpaired) electrons. The molecule has 0 saturated heterocycles. The van der Waals surface area contributed by atoms with Gasteiger partial charge in [0.25, 0.3) is 0 Å². The van der Waals surface area contributed by atoms with E-state index in [1.165, 1.54) is 18.9 Å². The molecule has 1 aliphatic carbocycles. The van der Waals surface area contributed by atoms with Gasteiger partial charge in [-0.2, -0.15) is 0 Å². The monoisotopic (exact) mass is 227 g/mol. The van der Waals surface area contributed by atoms with Crippen LogP contribution in [-0.4, -0.2) is 0 Å². The van der Waals surface area contributed by atoms with Crippen LogP contribution in [0.15, 0.2) is 18.2 Å². The Bertz CT molecular complexity index is 327. The third-order valence-electron chi connectivity index (χ3n) is 3.24. The Morgan fingerprint density at radius 2 is 2.00 bits per heavy atom. The van der Waals surface area contributed by atoms with Gasteiger partial charge in [-0.3, -0.25) is 0 Å². The molecule has 3 heteroatoms. The topological polar surface area (TPSA) is 26.0 Å². The van der Waals surface area contributed by atoms with E-state index >= 15 is 0 Å². The minimum absolute atomic E-state index is 0.249. The van der Waals surface area contributed by atoms with Gasteiger partial charge in [0, 0.05) is 16.6 Å². The van der Waals surface area contributed by atoms with Crippen molar-refractivity contribution in [1.29, 1.82) is 0 Å². The van der Waals surface area contributed by atoms with E-state index in [0.29, 0.717) is 16.5 Å². The Hall–Kier alpha value is -0.600. The number of rotatable bonds is 2. The quantitative estimate of drug-likeness (QED) is 0.820. The van der Waals surface area contributed by atoms with Gasteiger partial charge in [0.05, 0.1) is 0 Å². The molecule has 1 saturated carbocycles. The minimum Gasteiger partial charge on any atom is -0.324 e. The van der Waals surface area contributed by atoms with Crippen LogP contribution in [-0.2, 0) is 0 Å². The molecule has 2 rings (SSSR count). The molecule has 0 amide bonds. The molecule has 0 spiro atoms. The van der Waals surface area contributed by atoms with Gasteiger partial charge in [0.2, 0.25) is 0 Å². The van der Waals surface area contributed by atoms with Crippen molar-refractivity contribution in [3.05, 3.63) is 34.6 Å². The molecular formula is C12H15ClFN. The largest absolute Gasteiger partial charge is 0.324 e. The number of benzene rings is 1. The molecule has 1 aliphatic rings. The highest BCUT2D eigenvalue weighted by atomic mass is 35.5. The van der Waals surface area contributed by atoms with E-state index in [9.17, 15) is 4.39 Å². The number of halogens is 2. The second-order valence-electron chi connectivity index (χ2n) is 4.21. The third kappa shape index (κ3) is 2.16. The average Bonchev–Trinajstić information content (AvgIpc) is 2.69. The lowest BCUT2D eigenvalue weighted by atomic mass is 9.92. The standard InChI is InChI=1S/C12H15ClFN/c13-9-6-3-7-10(14)11(9)12(15)8-4-1-2-5-8/h3,6-8,12H,1-2,4-5,15H2. The maximum Gasteiger partial charge on any atom is 0.129 e. The summed E-state index contributed by atoms with van der Waals surface area (Å²) in [7, 11) is 0. The predicted octanol–water partition coefficient (Wildman–Crippen LogP) is 3.67. The van der Waals surface area contributed by atoms with Gasteiger partial charge in [-0.25, -0.2) is 4.39 Å². The van der Waals surface area contributed by atoms with Gasteiger partial charge in [-0.05, 0) is 30.9 Å². The van der Waals surface area contributed by atoms with Gasteiger partial charge in [0.15, 0.2) is 0 Å². The third-order valence-corrected chi connectivity index (χ3v) is 3.57. The van der Waals surface area contributed by atoms with Crippen molar-refractivity contribution in [3.63, 3.8) is 0 Å². The smallest absolute Gasteiger partial charge is 0.129 e. The van der Waals surface area contributed by atoms with Gasteiger partial charge in [0.1, 0.15) is 5.82 Å². The van der Waals surface area contributed by atoms with Gasteiger partial charge >= 0.3 is 0 Å². The lowest BCUT2D eigenvalue weighted by molar-refractivity contribution is 0.429. The molecule has 0 bridgehead atoms. The van der Waals surface area contributed by atoms with Crippen LogP contribution in [0.1, 0.15) is 37.3 Å². The SMILES string of the molecule is NC(c1c(F)cccc1Cl)C1CCCC1. The van der Waals surface area contributed by atoms with Crippen molar-refractivity contribution in [1.82, 2.24) is 0 Å². The van der Waals surface area contributed by atoms with Gasteiger partial charge in [-0.1, -0.05) is 30.5 Å². The first kappa shape index (κ1) is 10.9. The van der Waals surface area contributed by atoms with Gasteiger partial charge < -0.3 is 5.73 Å². The van der Waals surface area contributed by atoms with Crippen molar-refractivity contribution in [2.24, 2.45) is 11.7 Å². The summed E-state index contributed by atoms with van der Waals surface area (Å²) in [6, 6.07) is 4.49. The maximum absolute atomic E-state index is 13.6. The summed E-state index contributed by atoms with van der Waals surface area (Å²) in [5.41, 5.74) is 6.57. The number of nitrogens with two attached hydrogens (primary N) is 1. The van der Waals surface area contributed by atoms with Crippen LogP contribution in [0.3, 0.4) is 0 Å². The Morgan fingerprint density at radius 1 is 1.33 bits per heavy atom. The Balaban J connectivity index is 2.27. The lowest BCUT2D eigenvalue weighted by Gasteiger charge is -2.20. The maximum atomic E-state index is 13.6. The first-order valence-corrected chi connectivity index (χ1v) is 5.77. The highest BCUT2D eigenvalue weighted by molar-refractivity contribution is 6.31. The Kier molecular flexibility index (Phi) is 3.27. The highest BCUT2D eigenvalue weighted by Crippen LogP contribution is 2.37. The van der Waals surface area contributed by atoms with Gasteiger partial charge in [-0.15, -0.1) is 0 Å². The van der Waals surface area contributed by atoms with E-state index in [-0.39, 0.29) is 11.9 Å². The number of hydrogen-bond acceptors (Lipinski definition) is 1. The molecule has 0 aromatic heterocycles. The fraction of sp³-hybridized carbons (Fsp3) is 0.500. The molecular weight excluding hydrogens is 213 g/mol. The molecule has 2 N–H and O–H groups in total. The van der Waals surface area contributed by atoms with E-state index in [1.807, 2.05) is 0 Å². The van der Waals surface area contributed by atoms with E-state index in [4.69, 9.17) is 17.3 Å². The van der Waals surface area contributed by atoms with E-state index in [2.05, 4.69) is 0 Å². The first-order valence-electron chi connectivity index (χ1n) is 5.39. The van der Waals surface area contributed by atoms with Crippen LogP contribution in [0, 0.1) is 11.7 Å². The molecule has 0 aliphatic heterocycles. The normalized spacial score (nSPS) is 19.4. The van der Waals surface area contributed by atoms with Crippen LogP contribution in [0.4, 0.5) is 4.39 Å². The molecule has 1 unspecified atom stereocenters. The summed E-state index contributed by atoms with van der Waals surface area (Å²) >= 11 is 5.98. The van der Waals surface area contributed by atoms with Crippen LogP contribution >= 0.6 is 11.6 Å². The minimum atomic E-state index is -0.276. The summed E-state index contributed by atoms with van der Waals surface area (Å²) in [5.74, 6) is 0.112. The van der Waals surface area contributed by atoms with Crippen molar-refractivity contribution in [3.8, 4) is 0 Å². The summed E-state index contributed by atoms with van der Waals surface area (Å²) < 4.78 is 13.6. The summed E-state index contributed by atoms with van der Waals surface area (Å²) in [4.78, 5) is 0. The zero-order chi connectivity index (χ0) is 10.8. The fourth-order valence-electron chi connectivity index (χ4n) is 2.38. The molecule has 1 aromatic rings. The molecule has 15 heavy (non-hydrogen) atoms. The van der Waals surface area contributed by atoms with Crippen LogP contribution in [0.25, 0.3) is 0 Å². The zero-order valence-corrected chi connectivity index (χ0v) is 9.30.